The summed E-state index contributed by atoms with van der Waals surface area (Å²) in [7, 11) is 0. The largest absolute Gasteiger partial charge is 0.293 e. The number of rotatable bonds is 3. The zero-order valence-electron chi connectivity index (χ0n) is 8.21. The fourth-order valence-electron chi connectivity index (χ4n) is 1.22. The highest BCUT2D eigenvalue weighted by Gasteiger charge is 2.02. The molecule has 0 saturated heterocycles. The van der Waals surface area contributed by atoms with E-state index in [1.165, 1.54) is 17.9 Å². The van der Waals surface area contributed by atoms with Gasteiger partial charge in [0.2, 0.25) is 0 Å². The molecule has 0 unspecified atom stereocenters. The van der Waals surface area contributed by atoms with Gasteiger partial charge in [-0.25, -0.2) is 0 Å². The van der Waals surface area contributed by atoms with Crippen LogP contribution in [-0.2, 0) is 6.54 Å². The van der Waals surface area contributed by atoms with Crippen molar-refractivity contribution in [1.82, 2.24) is 20.0 Å². The van der Waals surface area contributed by atoms with Gasteiger partial charge in [-0.15, -0.1) is 0 Å². The lowest BCUT2D eigenvalue weighted by Crippen LogP contribution is -2.05. The number of hydrogen-bond acceptors (Lipinski definition) is 4. The van der Waals surface area contributed by atoms with Crippen molar-refractivity contribution in [2.45, 2.75) is 13.5 Å². The number of pyridine rings is 1. The molecule has 0 aromatic carbocycles. The van der Waals surface area contributed by atoms with Crippen molar-refractivity contribution in [2.75, 3.05) is 0 Å². The molecule has 2 rings (SSSR count). The molecule has 0 aliphatic rings. The fraction of sp³-hybridized carbons (Fsp3) is 0.200. The standard InChI is InChI=1S/C10H9N4O/c1-8(15)10-6-9(2-3-11-10)7-14-12-4-5-13-14/h2-4,6H,7H2,1H3. The summed E-state index contributed by atoms with van der Waals surface area (Å²) in [4.78, 5) is 16.6. The lowest BCUT2D eigenvalue weighted by atomic mass is 10.2. The van der Waals surface area contributed by atoms with Gasteiger partial charge in [0.25, 0.3) is 0 Å². The Morgan fingerprint density at radius 2 is 2.47 bits per heavy atom. The molecule has 0 aliphatic carbocycles. The van der Waals surface area contributed by atoms with Crippen LogP contribution in [-0.4, -0.2) is 25.8 Å². The van der Waals surface area contributed by atoms with Crippen molar-refractivity contribution in [3.8, 4) is 0 Å². The molecule has 2 aromatic rings. The van der Waals surface area contributed by atoms with Crippen molar-refractivity contribution < 1.29 is 4.79 Å². The maximum Gasteiger partial charge on any atom is 0.178 e. The van der Waals surface area contributed by atoms with Gasteiger partial charge in [0.05, 0.1) is 12.7 Å². The van der Waals surface area contributed by atoms with Crippen LogP contribution in [0, 0.1) is 6.20 Å². The summed E-state index contributed by atoms with van der Waals surface area (Å²) in [6, 6.07) is 3.57. The first kappa shape index (κ1) is 9.51. The molecule has 1 radical (unpaired) electrons. The van der Waals surface area contributed by atoms with Gasteiger partial charge >= 0.3 is 0 Å². The zero-order valence-corrected chi connectivity index (χ0v) is 8.21. The summed E-state index contributed by atoms with van der Waals surface area (Å²) < 4.78 is 0. The predicted molar refractivity (Wildman–Crippen MR) is 52.2 cm³/mol. The number of carbonyl (C=O) groups excluding carboxylic acids is 1. The van der Waals surface area contributed by atoms with Crippen LogP contribution < -0.4 is 0 Å². The highest BCUT2D eigenvalue weighted by molar-refractivity contribution is 5.92. The number of ketones is 1. The number of nitrogens with zero attached hydrogens (tertiary/aromatic N) is 4. The topological polar surface area (TPSA) is 60.7 Å². The van der Waals surface area contributed by atoms with Crippen LogP contribution in [0.25, 0.3) is 0 Å². The zero-order chi connectivity index (χ0) is 10.7. The summed E-state index contributed by atoms with van der Waals surface area (Å²) in [5.74, 6) is -0.0446. The van der Waals surface area contributed by atoms with E-state index in [1.54, 1.807) is 12.3 Å². The molecule has 0 bridgehead atoms. The van der Waals surface area contributed by atoms with Crippen LogP contribution in [0.3, 0.4) is 0 Å². The second kappa shape index (κ2) is 4.00. The monoisotopic (exact) mass is 201 g/mol. The van der Waals surface area contributed by atoms with Gasteiger partial charge in [-0.2, -0.15) is 15.0 Å². The molecule has 0 saturated carbocycles. The Morgan fingerprint density at radius 3 is 3.13 bits per heavy atom. The summed E-state index contributed by atoms with van der Waals surface area (Å²) in [5.41, 5.74) is 1.41. The number of aromatic nitrogens is 4. The fourth-order valence-corrected chi connectivity index (χ4v) is 1.22. The minimum Gasteiger partial charge on any atom is -0.293 e. The number of hydrogen-bond donors (Lipinski definition) is 0. The average molecular weight is 201 g/mol. The first-order valence-corrected chi connectivity index (χ1v) is 4.48. The third-order valence-electron chi connectivity index (χ3n) is 1.93. The average Bonchev–Trinajstić information content (AvgIpc) is 2.71. The van der Waals surface area contributed by atoms with E-state index in [9.17, 15) is 4.79 Å². The molecule has 2 heterocycles. The first-order valence-electron chi connectivity index (χ1n) is 4.48. The van der Waals surface area contributed by atoms with E-state index in [0.717, 1.165) is 5.56 Å². The molecule has 75 valence electrons. The van der Waals surface area contributed by atoms with Crippen LogP contribution in [0.2, 0.25) is 0 Å². The first-order chi connectivity index (χ1) is 7.25. The summed E-state index contributed by atoms with van der Waals surface area (Å²) in [6.45, 7) is 2.01. The van der Waals surface area contributed by atoms with Gasteiger partial charge < -0.3 is 0 Å². The lowest BCUT2D eigenvalue weighted by Gasteiger charge is -2.01. The van der Waals surface area contributed by atoms with Gasteiger partial charge in [0.1, 0.15) is 11.9 Å². The Labute approximate surface area is 86.8 Å². The van der Waals surface area contributed by atoms with Crippen molar-refractivity contribution in [3.05, 3.63) is 42.0 Å². The maximum atomic E-state index is 11.1. The van der Waals surface area contributed by atoms with Crippen LogP contribution in [0.1, 0.15) is 23.0 Å². The maximum absolute atomic E-state index is 11.1. The van der Waals surface area contributed by atoms with Crippen molar-refractivity contribution >= 4 is 5.78 Å². The minimum atomic E-state index is -0.0446. The third-order valence-corrected chi connectivity index (χ3v) is 1.93. The van der Waals surface area contributed by atoms with Gasteiger partial charge in [-0.3, -0.25) is 9.78 Å². The van der Waals surface area contributed by atoms with E-state index in [4.69, 9.17) is 0 Å². The molecule has 15 heavy (non-hydrogen) atoms. The molecule has 5 heteroatoms. The van der Waals surface area contributed by atoms with Crippen molar-refractivity contribution in [2.24, 2.45) is 0 Å². The number of Topliss-reactive ketones (excluding diaryl/α,β-unsaturated/α-hetero) is 1. The molecule has 0 amide bonds. The molecule has 0 N–H and O–H groups in total. The lowest BCUT2D eigenvalue weighted by molar-refractivity contribution is 0.101. The molecular formula is C10H9N4O. The second-order valence-electron chi connectivity index (χ2n) is 3.11. The van der Waals surface area contributed by atoms with E-state index in [0.29, 0.717) is 12.2 Å². The molecule has 5 nitrogen and oxygen atoms in total. The Hall–Kier alpha value is -2.04. The van der Waals surface area contributed by atoms with Crippen LogP contribution >= 0.6 is 0 Å². The second-order valence-corrected chi connectivity index (χ2v) is 3.11. The van der Waals surface area contributed by atoms with Crippen molar-refractivity contribution in [1.29, 1.82) is 0 Å². The summed E-state index contributed by atoms with van der Waals surface area (Å²) >= 11 is 0. The SMILES string of the molecule is CC(=O)c1cc(Cn2n[c]cn2)ccn1. The highest BCUT2D eigenvalue weighted by atomic mass is 16.1. The van der Waals surface area contributed by atoms with Gasteiger partial charge in [-0.1, -0.05) is 0 Å². The smallest absolute Gasteiger partial charge is 0.178 e. The van der Waals surface area contributed by atoms with Gasteiger partial charge in [-0.05, 0) is 17.7 Å². The molecule has 0 atom stereocenters. The van der Waals surface area contributed by atoms with E-state index in [2.05, 4.69) is 21.4 Å². The van der Waals surface area contributed by atoms with Crippen LogP contribution in [0.4, 0.5) is 0 Å². The van der Waals surface area contributed by atoms with E-state index >= 15 is 0 Å². The van der Waals surface area contributed by atoms with Crippen molar-refractivity contribution in [3.63, 3.8) is 0 Å². The molecular weight excluding hydrogens is 192 g/mol. The highest BCUT2D eigenvalue weighted by Crippen LogP contribution is 2.03. The quantitative estimate of drug-likeness (QED) is 0.686. The van der Waals surface area contributed by atoms with Crippen LogP contribution in [0.5, 0.6) is 0 Å². The Bertz CT molecular complexity index is 464. The Morgan fingerprint density at radius 1 is 1.60 bits per heavy atom. The third kappa shape index (κ3) is 2.25. The van der Waals surface area contributed by atoms with E-state index in [-0.39, 0.29) is 5.78 Å². The van der Waals surface area contributed by atoms with Gasteiger partial charge in [0, 0.05) is 13.1 Å². The van der Waals surface area contributed by atoms with Gasteiger partial charge in [0.15, 0.2) is 5.78 Å². The van der Waals surface area contributed by atoms with E-state index < -0.39 is 0 Å². The molecule has 2 aromatic heterocycles. The minimum absolute atomic E-state index is 0.0446. The Balaban J connectivity index is 2.22. The molecule has 0 spiro atoms. The Kier molecular flexibility index (Phi) is 2.53. The van der Waals surface area contributed by atoms with E-state index in [1.807, 2.05) is 6.07 Å². The predicted octanol–water partition coefficient (Wildman–Crippen LogP) is 0.724. The molecule has 0 aliphatic heterocycles. The summed E-state index contributed by atoms with van der Waals surface area (Å²) in [6.07, 6.45) is 5.71. The summed E-state index contributed by atoms with van der Waals surface area (Å²) in [5, 5.41) is 7.79. The number of carbonyl (C=O) groups is 1. The molecule has 0 fully saturated rings. The normalized spacial score (nSPS) is 10.2. The van der Waals surface area contributed by atoms with Crippen LogP contribution in [0.15, 0.2) is 24.5 Å².